The van der Waals surface area contributed by atoms with Gasteiger partial charge in [-0.05, 0) is 34.9 Å². The van der Waals surface area contributed by atoms with Crippen LogP contribution in [0.15, 0.2) is 78.9 Å². The molecular formula is C26H26N2O3S. The normalized spacial score (nSPS) is 13.5. The van der Waals surface area contributed by atoms with Crippen LogP contribution in [0.4, 0.5) is 0 Å². The summed E-state index contributed by atoms with van der Waals surface area (Å²) in [4.78, 5) is 28.0. The largest absolute Gasteiger partial charge is 0.497 e. The number of fused-ring (bicyclic) bond motifs is 1. The Hall–Kier alpha value is -3.25. The van der Waals surface area contributed by atoms with Crippen LogP contribution in [-0.4, -0.2) is 35.6 Å². The van der Waals surface area contributed by atoms with E-state index in [-0.39, 0.29) is 11.8 Å². The number of hydrogen-bond donors (Lipinski definition) is 1. The number of rotatable bonds is 9. The molecule has 0 aromatic heterocycles. The summed E-state index contributed by atoms with van der Waals surface area (Å²) in [6, 6.07) is 24.8. The molecule has 4 rings (SSSR count). The zero-order chi connectivity index (χ0) is 22.3. The van der Waals surface area contributed by atoms with Crippen molar-refractivity contribution in [3.05, 3.63) is 101 Å². The summed E-state index contributed by atoms with van der Waals surface area (Å²) in [5.41, 5.74) is 3.84. The van der Waals surface area contributed by atoms with Crippen LogP contribution in [0, 0.1) is 0 Å². The van der Waals surface area contributed by atoms with Crippen LogP contribution in [-0.2, 0) is 23.6 Å². The van der Waals surface area contributed by atoms with E-state index >= 15 is 0 Å². The fraction of sp³-hybridized carbons (Fsp3) is 0.231. The third-order valence-electron chi connectivity index (χ3n) is 5.54. The molecule has 0 aliphatic carbocycles. The second-order valence-electron chi connectivity index (χ2n) is 7.67. The average Bonchev–Trinajstić information content (AvgIpc) is 3.17. The third kappa shape index (κ3) is 5.14. The average molecular weight is 447 g/mol. The van der Waals surface area contributed by atoms with Crippen molar-refractivity contribution >= 4 is 23.6 Å². The van der Waals surface area contributed by atoms with Crippen molar-refractivity contribution in [3.63, 3.8) is 0 Å². The van der Waals surface area contributed by atoms with E-state index in [1.807, 2.05) is 66.7 Å². The molecule has 6 heteroatoms. The summed E-state index contributed by atoms with van der Waals surface area (Å²) in [5, 5.41) is 3.02. The van der Waals surface area contributed by atoms with Gasteiger partial charge in [-0.3, -0.25) is 9.59 Å². The van der Waals surface area contributed by atoms with Crippen molar-refractivity contribution in [1.82, 2.24) is 10.2 Å². The quantitative estimate of drug-likeness (QED) is 0.533. The Morgan fingerprint density at radius 2 is 1.72 bits per heavy atom. The first-order chi connectivity index (χ1) is 15.7. The summed E-state index contributed by atoms with van der Waals surface area (Å²) in [6.07, 6.45) is 0. The van der Waals surface area contributed by atoms with E-state index in [1.165, 1.54) is 5.56 Å². The number of benzene rings is 3. The van der Waals surface area contributed by atoms with E-state index in [1.54, 1.807) is 23.8 Å². The fourth-order valence-corrected chi connectivity index (χ4v) is 4.85. The minimum absolute atomic E-state index is 0.0782. The maximum absolute atomic E-state index is 13.2. The number of amides is 2. The lowest BCUT2D eigenvalue weighted by Gasteiger charge is -2.27. The third-order valence-corrected chi connectivity index (χ3v) is 6.63. The number of ether oxygens (including phenoxy) is 1. The van der Waals surface area contributed by atoms with Gasteiger partial charge in [0.05, 0.1) is 7.11 Å². The van der Waals surface area contributed by atoms with Crippen molar-refractivity contribution in [1.29, 1.82) is 0 Å². The minimum Gasteiger partial charge on any atom is -0.497 e. The lowest BCUT2D eigenvalue weighted by Crippen LogP contribution is -2.48. The first-order valence-corrected chi connectivity index (χ1v) is 11.7. The van der Waals surface area contributed by atoms with E-state index < -0.39 is 6.04 Å². The van der Waals surface area contributed by atoms with Gasteiger partial charge in [0.15, 0.2) is 0 Å². The highest BCUT2D eigenvalue weighted by molar-refractivity contribution is 7.98. The summed E-state index contributed by atoms with van der Waals surface area (Å²) in [7, 11) is 1.62. The molecule has 3 aromatic rings. The Balaban J connectivity index is 1.45. The van der Waals surface area contributed by atoms with Crippen LogP contribution in [0.2, 0.25) is 0 Å². The summed E-state index contributed by atoms with van der Waals surface area (Å²) < 4.78 is 5.19. The van der Waals surface area contributed by atoms with E-state index in [9.17, 15) is 9.59 Å². The topological polar surface area (TPSA) is 58.6 Å². The van der Waals surface area contributed by atoms with E-state index in [0.29, 0.717) is 24.4 Å². The zero-order valence-corrected chi connectivity index (χ0v) is 18.8. The smallest absolute Gasteiger partial charge is 0.255 e. The van der Waals surface area contributed by atoms with Gasteiger partial charge in [-0.1, -0.05) is 60.7 Å². The zero-order valence-electron chi connectivity index (χ0n) is 18.0. The van der Waals surface area contributed by atoms with Crippen molar-refractivity contribution in [2.75, 3.05) is 12.9 Å². The fourth-order valence-electron chi connectivity index (χ4n) is 3.75. The lowest BCUT2D eigenvalue weighted by molar-refractivity contribution is -0.125. The molecule has 0 saturated heterocycles. The lowest BCUT2D eigenvalue weighted by atomic mass is 10.1. The first kappa shape index (κ1) is 22.0. The predicted octanol–water partition coefficient (Wildman–Crippen LogP) is 4.27. The van der Waals surface area contributed by atoms with Crippen LogP contribution < -0.4 is 10.1 Å². The van der Waals surface area contributed by atoms with Crippen LogP contribution in [0.1, 0.15) is 27.0 Å². The molecular weight excluding hydrogens is 420 g/mol. The molecule has 3 aromatic carbocycles. The maximum Gasteiger partial charge on any atom is 0.255 e. The Kier molecular flexibility index (Phi) is 7.12. The van der Waals surface area contributed by atoms with Gasteiger partial charge in [0.25, 0.3) is 5.91 Å². The number of carbonyl (C=O) groups is 2. The molecule has 32 heavy (non-hydrogen) atoms. The van der Waals surface area contributed by atoms with Gasteiger partial charge in [-0.2, -0.15) is 11.8 Å². The minimum atomic E-state index is -0.540. The Morgan fingerprint density at radius 1 is 1.00 bits per heavy atom. The molecule has 0 bridgehead atoms. The van der Waals surface area contributed by atoms with Gasteiger partial charge in [-0.15, -0.1) is 0 Å². The Morgan fingerprint density at radius 3 is 2.44 bits per heavy atom. The molecule has 1 aliphatic heterocycles. The van der Waals surface area contributed by atoms with Crippen molar-refractivity contribution in [2.45, 2.75) is 24.9 Å². The predicted molar refractivity (Wildman–Crippen MR) is 128 cm³/mol. The monoisotopic (exact) mass is 446 g/mol. The molecule has 1 atom stereocenters. The second-order valence-corrected chi connectivity index (χ2v) is 8.70. The molecule has 1 N–H and O–H groups in total. The van der Waals surface area contributed by atoms with Gasteiger partial charge in [0.1, 0.15) is 11.8 Å². The first-order valence-electron chi connectivity index (χ1n) is 10.6. The standard InChI is InChI=1S/C26H26N2O3S/c1-31-22-13-11-19(12-14-22)15-27-25(29)24(18-32-17-20-7-3-2-4-8-20)28-16-21-9-5-6-10-23(21)26(28)30/h2-14,24H,15-18H2,1H3,(H,27,29)/t24-/m0/s1. The van der Waals surface area contributed by atoms with Crippen LogP contribution in [0.25, 0.3) is 0 Å². The highest BCUT2D eigenvalue weighted by atomic mass is 32.2. The van der Waals surface area contributed by atoms with Crippen LogP contribution in [0.5, 0.6) is 5.75 Å². The van der Waals surface area contributed by atoms with Crippen molar-refractivity contribution in [3.8, 4) is 5.75 Å². The molecule has 1 aliphatic rings. The highest BCUT2D eigenvalue weighted by Gasteiger charge is 2.36. The molecule has 0 fully saturated rings. The SMILES string of the molecule is COc1ccc(CNC(=O)[C@H](CSCc2ccccc2)N2Cc3ccccc3C2=O)cc1. The number of thioether (sulfide) groups is 1. The van der Waals surface area contributed by atoms with E-state index in [0.717, 1.165) is 22.6 Å². The van der Waals surface area contributed by atoms with Gasteiger partial charge in [0.2, 0.25) is 5.91 Å². The summed E-state index contributed by atoms with van der Waals surface area (Å²) in [5.74, 6) is 1.88. The highest BCUT2D eigenvalue weighted by Crippen LogP contribution is 2.26. The van der Waals surface area contributed by atoms with Gasteiger partial charge in [0, 0.05) is 30.2 Å². The summed E-state index contributed by atoms with van der Waals surface area (Å²) >= 11 is 1.67. The Labute approximate surface area is 192 Å². The molecule has 0 radical (unpaired) electrons. The number of methoxy groups -OCH3 is 1. The molecule has 2 amide bonds. The number of hydrogen-bond acceptors (Lipinski definition) is 4. The van der Waals surface area contributed by atoms with Crippen molar-refractivity contribution in [2.24, 2.45) is 0 Å². The maximum atomic E-state index is 13.2. The number of carbonyl (C=O) groups excluding carboxylic acids is 2. The molecule has 0 saturated carbocycles. The van der Waals surface area contributed by atoms with E-state index in [2.05, 4.69) is 17.4 Å². The Bertz CT molecular complexity index is 1070. The molecule has 0 unspecified atom stereocenters. The van der Waals surface area contributed by atoms with Crippen LogP contribution in [0.3, 0.4) is 0 Å². The van der Waals surface area contributed by atoms with E-state index in [4.69, 9.17) is 4.74 Å². The number of nitrogens with zero attached hydrogens (tertiary/aromatic N) is 1. The number of nitrogens with one attached hydrogen (secondary N) is 1. The van der Waals surface area contributed by atoms with Gasteiger partial charge in [-0.25, -0.2) is 0 Å². The van der Waals surface area contributed by atoms with Crippen LogP contribution >= 0.6 is 11.8 Å². The van der Waals surface area contributed by atoms with Gasteiger partial charge >= 0.3 is 0 Å². The second kappa shape index (κ2) is 10.4. The molecule has 164 valence electrons. The van der Waals surface area contributed by atoms with Crippen molar-refractivity contribution < 1.29 is 14.3 Å². The molecule has 0 spiro atoms. The van der Waals surface area contributed by atoms with Gasteiger partial charge < -0.3 is 15.0 Å². The summed E-state index contributed by atoms with van der Waals surface area (Å²) in [6.45, 7) is 0.860. The molecule has 5 nitrogen and oxygen atoms in total. The molecule has 1 heterocycles.